The van der Waals surface area contributed by atoms with Gasteiger partial charge < -0.3 is 10.1 Å². The van der Waals surface area contributed by atoms with Crippen molar-refractivity contribution in [3.05, 3.63) is 35.4 Å². The van der Waals surface area contributed by atoms with Gasteiger partial charge in [-0.15, -0.1) is 0 Å². The Labute approximate surface area is 137 Å². The van der Waals surface area contributed by atoms with Gasteiger partial charge in [-0.05, 0) is 48.2 Å². The number of ether oxygens (including phenoxy) is 1. The van der Waals surface area contributed by atoms with Crippen LogP contribution in [0, 0.1) is 0 Å². The first-order valence-electron chi connectivity index (χ1n) is 7.67. The highest BCUT2D eigenvalue weighted by atomic mass is 32.1. The molecule has 1 aliphatic rings. The summed E-state index contributed by atoms with van der Waals surface area (Å²) in [6.45, 7) is 7.89. The van der Waals surface area contributed by atoms with E-state index in [0.29, 0.717) is 17.2 Å². The van der Waals surface area contributed by atoms with Crippen molar-refractivity contribution in [2.24, 2.45) is 0 Å². The van der Waals surface area contributed by atoms with E-state index in [1.807, 2.05) is 24.3 Å². The lowest BCUT2D eigenvalue weighted by molar-refractivity contribution is 0.0973. The lowest BCUT2D eigenvalue weighted by atomic mass is 9.87. The lowest BCUT2D eigenvalue weighted by Crippen LogP contribution is -2.42. The lowest BCUT2D eigenvalue weighted by Gasteiger charge is -2.19. The molecule has 1 amide bonds. The predicted octanol–water partition coefficient (Wildman–Crippen LogP) is 2.77. The van der Waals surface area contributed by atoms with E-state index >= 15 is 0 Å². The van der Waals surface area contributed by atoms with E-state index in [-0.39, 0.29) is 17.4 Å². The summed E-state index contributed by atoms with van der Waals surface area (Å²) in [4.78, 5) is 12.1. The molecule has 1 heterocycles. The molecule has 1 aliphatic heterocycles. The molecule has 2 rings (SSSR count). The highest BCUT2D eigenvalue weighted by Gasteiger charge is 2.17. The van der Waals surface area contributed by atoms with Gasteiger partial charge in [0.2, 0.25) is 0 Å². The van der Waals surface area contributed by atoms with Crippen LogP contribution in [0.15, 0.2) is 24.3 Å². The van der Waals surface area contributed by atoms with Crippen LogP contribution in [-0.2, 0) is 10.2 Å². The first-order chi connectivity index (χ1) is 10.4. The second-order valence-electron chi connectivity index (χ2n) is 6.63. The average molecular weight is 320 g/mol. The van der Waals surface area contributed by atoms with Crippen LogP contribution in [0.1, 0.15) is 49.5 Å². The van der Waals surface area contributed by atoms with Gasteiger partial charge in [-0.25, -0.2) is 0 Å². The first kappa shape index (κ1) is 16.9. The zero-order valence-corrected chi connectivity index (χ0v) is 14.3. The number of carbonyl (C=O) groups is 1. The Bertz CT molecular complexity index is 529. The number of benzene rings is 1. The molecule has 120 valence electrons. The van der Waals surface area contributed by atoms with Crippen LogP contribution in [0.25, 0.3) is 0 Å². The quantitative estimate of drug-likeness (QED) is 0.841. The summed E-state index contributed by atoms with van der Waals surface area (Å²) in [7, 11) is 0. The van der Waals surface area contributed by atoms with Crippen LogP contribution in [0.5, 0.6) is 0 Å². The molecule has 0 unspecified atom stereocenters. The topological polar surface area (TPSA) is 50.4 Å². The fourth-order valence-corrected chi connectivity index (χ4v) is 2.53. The normalized spacial score (nSPS) is 18.0. The standard InChI is InChI=1S/C17H24N2O2S/c1-17(2,3)13-8-6-12(7-9-13)15(20)19-16(22)18-11-14-5-4-10-21-14/h6-9,14H,4-5,10-11H2,1-3H3,(H2,18,19,20,22)/t14-/m1/s1. The Balaban J connectivity index is 1.84. The van der Waals surface area contributed by atoms with Crippen molar-refractivity contribution in [2.45, 2.75) is 45.1 Å². The molecule has 4 nitrogen and oxygen atoms in total. The third kappa shape index (κ3) is 4.78. The number of thiocarbonyl (C=S) groups is 1. The van der Waals surface area contributed by atoms with Crippen LogP contribution in [0.4, 0.5) is 0 Å². The van der Waals surface area contributed by atoms with Gasteiger partial charge >= 0.3 is 0 Å². The maximum absolute atomic E-state index is 12.1. The number of rotatable bonds is 3. The largest absolute Gasteiger partial charge is 0.376 e. The number of hydrogen-bond donors (Lipinski definition) is 2. The molecular formula is C17H24N2O2S. The van der Waals surface area contributed by atoms with Crippen molar-refractivity contribution < 1.29 is 9.53 Å². The Kier molecular flexibility index (Phi) is 5.53. The molecule has 1 aromatic carbocycles. The SMILES string of the molecule is CC(C)(C)c1ccc(C(=O)NC(=S)NC[C@H]2CCCO2)cc1. The first-order valence-corrected chi connectivity index (χ1v) is 8.08. The van der Waals surface area contributed by atoms with E-state index < -0.39 is 0 Å². The maximum atomic E-state index is 12.1. The molecule has 2 N–H and O–H groups in total. The van der Waals surface area contributed by atoms with E-state index in [1.54, 1.807) is 0 Å². The average Bonchev–Trinajstić information content (AvgIpc) is 2.97. The van der Waals surface area contributed by atoms with Crippen LogP contribution >= 0.6 is 12.2 Å². The van der Waals surface area contributed by atoms with Crippen LogP contribution in [-0.4, -0.2) is 30.3 Å². The second kappa shape index (κ2) is 7.20. The number of carbonyl (C=O) groups excluding carboxylic acids is 1. The molecule has 0 aliphatic carbocycles. The van der Waals surface area contributed by atoms with Gasteiger partial charge in [-0.2, -0.15) is 0 Å². The van der Waals surface area contributed by atoms with Crippen molar-refractivity contribution in [3.63, 3.8) is 0 Å². The molecule has 0 bridgehead atoms. The van der Waals surface area contributed by atoms with Crippen molar-refractivity contribution in [1.29, 1.82) is 0 Å². The molecule has 1 atom stereocenters. The smallest absolute Gasteiger partial charge is 0.257 e. The molecule has 0 saturated carbocycles. The number of hydrogen-bond acceptors (Lipinski definition) is 3. The zero-order valence-electron chi connectivity index (χ0n) is 13.4. The molecule has 1 aromatic rings. The molecule has 1 saturated heterocycles. The van der Waals surface area contributed by atoms with E-state index in [2.05, 4.69) is 31.4 Å². The number of nitrogens with one attached hydrogen (secondary N) is 2. The minimum Gasteiger partial charge on any atom is -0.376 e. The minimum atomic E-state index is -0.190. The molecule has 1 fully saturated rings. The monoisotopic (exact) mass is 320 g/mol. The van der Waals surface area contributed by atoms with E-state index in [4.69, 9.17) is 17.0 Å². The van der Waals surface area contributed by atoms with Crippen LogP contribution in [0.2, 0.25) is 0 Å². The highest BCUT2D eigenvalue weighted by Crippen LogP contribution is 2.22. The van der Waals surface area contributed by atoms with Gasteiger partial charge in [0.25, 0.3) is 5.91 Å². The zero-order chi connectivity index (χ0) is 16.2. The van der Waals surface area contributed by atoms with Gasteiger partial charge in [-0.3, -0.25) is 10.1 Å². The summed E-state index contributed by atoms with van der Waals surface area (Å²) >= 11 is 5.15. The molecule has 0 radical (unpaired) electrons. The van der Waals surface area contributed by atoms with Gasteiger partial charge in [-0.1, -0.05) is 32.9 Å². The van der Waals surface area contributed by atoms with Crippen molar-refractivity contribution in [2.75, 3.05) is 13.2 Å². The van der Waals surface area contributed by atoms with E-state index in [1.165, 1.54) is 5.56 Å². The molecule has 0 aromatic heterocycles. The molecular weight excluding hydrogens is 296 g/mol. The Hall–Kier alpha value is -1.46. The highest BCUT2D eigenvalue weighted by molar-refractivity contribution is 7.80. The maximum Gasteiger partial charge on any atom is 0.257 e. The predicted molar refractivity (Wildman–Crippen MR) is 92.2 cm³/mol. The van der Waals surface area contributed by atoms with Crippen molar-refractivity contribution >= 4 is 23.2 Å². The fourth-order valence-electron chi connectivity index (χ4n) is 2.35. The van der Waals surface area contributed by atoms with Gasteiger partial charge in [0, 0.05) is 18.7 Å². The van der Waals surface area contributed by atoms with Crippen molar-refractivity contribution in [1.82, 2.24) is 10.6 Å². The van der Waals surface area contributed by atoms with Gasteiger partial charge in [0.1, 0.15) is 0 Å². The fraction of sp³-hybridized carbons (Fsp3) is 0.529. The summed E-state index contributed by atoms with van der Waals surface area (Å²) in [5.74, 6) is -0.190. The van der Waals surface area contributed by atoms with Gasteiger partial charge in [0.05, 0.1) is 6.10 Å². The summed E-state index contributed by atoms with van der Waals surface area (Å²) in [6, 6.07) is 7.63. The molecule has 22 heavy (non-hydrogen) atoms. The van der Waals surface area contributed by atoms with Crippen molar-refractivity contribution in [3.8, 4) is 0 Å². The summed E-state index contributed by atoms with van der Waals surface area (Å²) < 4.78 is 5.50. The summed E-state index contributed by atoms with van der Waals surface area (Å²) in [5.41, 5.74) is 1.88. The Morgan fingerprint density at radius 3 is 2.55 bits per heavy atom. The second-order valence-corrected chi connectivity index (χ2v) is 7.03. The third-order valence-electron chi connectivity index (χ3n) is 3.75. The Morgan fingerprint density at radius 2 is 2.00 bits per heavy atom. The summed E-state index contributed by atoms with van der Waals surface area (Å²) in [6.07, 6.45) is 2.32. The summed E-state index contributed by atoms with van der Waals surface area (Å²) in [5, 5.41) is 6.09. The van der Waals surface area contributed by atoms with Gasteiger partial charge in [0.15, 0.2) is 5.11 Å². The van der Waals surface area contributed by atoms with E-state index in [9.17, 15) is 4.79 Å². The molecule has 5 heteroatoms. The van der Waals surface area contributed by atoms with E-state index in [0.717, 1.165) is 19.4 Å². The minimum absolute atomic E-state index is 0.0765. The van der Waals surface area contributed by atoms with Crippen LogP contribution in [0.3, 0.4) is 0 Å². The third-order valence-corrected chi connectivity index (χ3v) is 4.00. The van der Waals surface area contributed by atoms with Crippen LogP contribution < -0.4 is 10.6 Å². The number of amides is 1. The molecule has 0 spiro atoms. The Morgan fingerprint density at radius 1 is 1.32 bits per heavy atom.